The van der Waals surface area contributed by atoms with E-state index in [9.17, 15) is 9.59 Å². The van der Waals surface area contributed by atoms with Crippen LogP contribution in [0.1, 0.15) is 26.2 Å². The fourth-order valence-corrected chi connectivity index (χ4v) is 1.54. The van der Waals surface area contributed by atoms with Crippen molar-refractivity contribution in [1.29, 1.82) is 0 Å². The number of ether oxygens (including phenoxy) is 3. The first-order valence-electron chi connectivity index (χ1n) is 6.56. The summed E-state index contributed by atoms with van der Waals surface area (Å²) < 4.78 is 15.1. The Hall–Kier alpha value is -2.48. The van der Waals surface area contributed by atoms with Gasteiger partial charge in [0, 0.05) is 12.8 Å². The van der Waals surface area contributed by atoms with E-state index < -0.39 is 18.0 Å². The SMILES string of the molecule is C#CC(C)OC(=O)CCCC(=O)Oc1ccccc1OC. The van der Waals surface area contributed by atoms with Crippen molar-refractivity contribution in [3.8, 4) is 23.8 Å². The summed E-state index contributed by atoms with van der Waals surface area (Å²) in [7, 11) is 1.50. The van der Waals surface area contributed by atoms with E-state index in [1.54, 1.807) is 31.2 Å². The monoisotopic (exact) mass is 290 g/mol. The molecule has 0 radical (unpaired) electrons. The van der Waals surface area contributed by atoms with Crippen molar-refractivity contribution >= 4 is 11.9 Å². The van der Waals surface area contributed by atoms with Gasteiger partial charge < -0.3 is 14.2 Å². The maximum absolute atomic E-state index is 11.7. The second-order valence-corrected chi connectivity index (χ2v) is 4.28. The third-order valence-corrected chi connectivity index (χ3v) is 2.60. The molecular formula is C16H18O5. The van der Waals surface area contributed by atoms with E-state index in [4.69, 9.17) is 20.6 Å². The molecule has 0 amide bonds. The van der Waals surface area contributed by atoms with E-state index in [2.05, 4.69) is 5.92 Å². The summed E-state index contributed by atoms with van der Waals surface area (Å²) in [5.74, 6) is 2.27. The minimum absolute atomic E-state index is 0.109. The van der Waals surface area contributed by atoms with Gasteiger partial charge in [0.1, 0.15) is 0 Å². The van der Waals surface area contributed by atoms with Crippen molar-refractivity contribution in [2.75, 3.05) is 7.11 Å². The first-order valence-corrected chi connectivity index (χ1v) is 6.56. The van der Waals surface area contributed by atoms with Crippen molar-refractivity contribution in [3.63, 3.8) is 0 Å². The number of carbonyl (C=O) groups is 2. The lowest BCUT2D eigenvalue weighted by Gasteiger charge is -2.09. The molecule has 5 nitrogen and oxygen atoms in total. The third-order valence-electron chi connectivity index (χ3n) is 2.60. The van der Waals surface area contributed by atoms with Crippen LogP contribution in [0.5, 0.6) is 11.5 Å². The first kappa shape index (κ1) is 16.6. The van der Waals surface area contributed by atoms with Gasteiger partial charge in [-0.25, -0.2) is 0 Å². The number of terminal acetylenes is 1. The second-order valence-electron chi connectivity index (χ2n) is 4.28. The van der Waals surface area contributed by atoms with Crippen molar-refractivity contribution < 1.29 is 23.8 Å². The van der Waals surface area contributed by atoms with Gasteiger partial charge in [-0.05, 0) is 25.5 Å². The van der Waals surface area contributed by atoms with Crippen LogP contribution in [0, 0.1) is 12.3 Å². The van der Waals surface area contributed by atoms with Crippen LogP contribution in [0.15, 0.2) is 24.3 Å². The predicted octanol–water partition coefficient (Wildman–Crippen LogP) is 2.34. The quantitative estimate of drug-likeness (QED) is 0.438. The lowest BCUT2D eigenvalue weighted by Crippen LogP contribution is -2.14. The van der Waals surface area contributed by atoms with Gasteiger partial charge in [0.05, 0.1) is 7.11 Å². The molecule has 1 atom stereocenters. The van der Waals surface area contributed by atoms with Crippen LogP contribution in [-0.4, -0.2) is 25.2 Å². The lowest BCUT2D eigenvalue weighted by atomic mass is 10.2. The summed E-state index contributed by atoms with van der Waals surface area (Å²) in [6, 6.07) is 6.85. The molecule has 0 heterocycles. The van der Waals surface area contributed by atoms with Crippen LogP contribution in [0.3, 0.4) is 0 Å². The number of hydrogen-bond acceptors (Lipinski definition) is 5. The zero-order chi connectivity index (χ0) is 15.7. The molecule has 0 spiro atoms. The van der Waals surface area contributed by atoms with Gasteiger partial charge in [0.15, 0.2) is 17.6 Å². The van der Waals surface area contributed by atoms with Gasteiger partial charge in [-0.3, -0.25) is 9.59 Å². The van der Waals surface area contributed by atoms with Gasteiger partial charge in [-0.2, -0.15) is 0 Å². The van der Waals surface area contributed by atoms with Crippen molar-refractivity contribution in [1.82, 2.24) is 0 Å². The van der Waals surface area contributed by atoms with Crippen LogP contribution in [0.25, 0.3) is 0 Å². The Bertz CT molecular complexity index is 530. The molecule has 0 aliphatic carbocycles. The minimum atomic E-state index is -0.557. The number of rotatable bonds is 7. The fraction of sp³-hybridized carbons (Fsp3) is 0.375. The number of carbonyl (C=O) groups excluding carboxylic acids is 2. The van der Waals surface area contributed by atoms with Crippen molar-refractivity contribution in [3.05, 3.63) is 24.3 Å². The molecule has 1 unspecified atom stereocenters. The Morgan fingerprint density at radius 1 is 1.19 bits per heavy atom. The summed E-state index contributed by atoms with van der Waals surface area (Å²) in [6.45, 7) is 1.61. The molecule has 1 aromatic carbocycles. The highest BCUT2D eigenvalue weighted by Gasteiger charge is 2.12. The van der Waals surface area contributed by atoms with Gasteiger partial charge in [0.2, 0.25) is 0 Å². The maximum atomic E-state index is 11.7. The molecule has 0 N–H and O–H groups in total. The van der Waals surface area contributed by atoms with Crippen molar-refractivity contribution in [2.24, 2.45) is 0 Å². The largest absolute Gasteiger partial charge is 0.493 e. The summed E-state index contributed by atoms with van der Waals surface area (Å²) >= 11 is 0. The minimum Gasteiger partial charge on any atom is -0.493 e. The van der Waals surface area contributed by atoms with E-state index in [1.807, 2.05) is 0 Å². The molecule has 5 heteroatoms. The average Bonchev–Trinajstić information content (AvgIpc) is 2.47. The summed E-state index contributed by atoms with van der Waals surface area (Å²) in [4.78, 5) is 23.0. The van der Waals surface area contributed by atoms with Gasteiger partial charge in [-0.15, -0.1) is 6.42 Å². The molecule has 0 aliphatic heterocycles. The number of benzene rings is 1. The molecule has 0 aliphatic rings. The molecule has 1 aromatic rings. The topological polar surface area (TPSA) is 61.8 Å². The van der Waals surface area contributed by atoms with Crippen LogP contribution < -0.4 is 9.47 Å². The van der Waals surface area contributed by atoms with Crippen LogP contribution in [0.4, 0.5) is 0 Å². The van der Waals surface area contributed by atoms with E-state index in [1.165, 1.54) is 7.11 Å². The van der Waals surface area contributed by atoms with Crippen LogP contribution in [-0.2, 0) is 14.3 Å². The Balaban J connectivity index is 2.35. The van der Waals surface area contributed by atoms with Gasteiger partial charge in [0.25, 0.3) is 0 Å². The summed E-state index contributed by atoms with van der Waals surface area (Å²) in [5, 5.41) is 0. The van der Waals surface area contributed by atoms with Gasteiger partial charge >= 0.3 is 11.9 Å². The normalized spacial score (nSPS) is 11.1. The Labute approximate surface area is 124 Å². The highest BCUT2D eigenvalue weighted by Crippen LogP contribution is 2.26. The van der Waals surface area contributed by atoms with E-state index in [-0.39, 0.29) is 12.8 Å². The van der Waals surface area contributed by atoms with E-state index in [0.29, 0.717) is 17.9 Å². The van der Waals surface area contributed by atoms with Crippen LogP contribution >= 0.6 is 0 Å². The Morgan fingerprint density at radius 3 is 2.43 bits per heavy atom. The van der Waals surface area contributed by atoms with Crippen molar-refractivity contribution in [2.45, 2.75) is 32.3 Å². The Kier molecular flexibility index (Phi) is 6.82. The van der Waals surface area contributed by atoms with Gasteiger partial charge in [-0.1, -0.05) is 18.1 Å². The molecule has 1 rings (SSSR count). The number of esters is 2. The zero-order valence-corrected chi connectivity index (χ0v) is 12.1. The average molecular weight is 290 g/mol. The number of methoxy groups -OCH3 is 1. The maximum Gasteiger partial charge on any atom is 0.311 e. The molecular weight excluding hydrogens is 272 g/mol. The molecule has 112 valence electrons. The highest BCUT2D eigenvalue weighted by atomic mass is 16.6. The summed E-state index contributed by atoms with van der Waals surface area (Å²) in [5.41, 5.74) is 0. The van der Waals surface area contributed by atoms with Crippen LogP contribution in [0.2, 0.25) is 0 Å². The third kappa shape index (κ3) is 6.00. The zero-order valence-electron chi connectivity index (χ0n) is 12.1. The lowest BCUT2D eigenvalue weighted by molar-refractivity contribution is -0.146. The Morgan fingerprint density at radius 2 is 1.81 bits per heavy atom. The molecule has 0 saturated heterocycles. The predicted molar refractivity (Wildman–Crippen MR) is 76.9 cm³/mol. The van der Waals surface area contributed by atoms with E-state index >= 15 is 0 Å². The number of para-hydroxylation sites is 2. The molecule has 0 aromatic heterocycles. The van der Waals surface area contributed by atoms with E-state index in [0.717, 1.165) is 0 Å². The molecule has 0 fully saturated rings. The highest BCUT2D eigenvalue weighted by molar-refractivity contribution is 5.75. The smallest absolute Gasteiger partial charge is 0.311 e. The first-order chi connectivity index (χ1) is 10.1. The standard InChI is InChI=1S/C16H18O5/c1-4-12(2)20-15(17)10-7-11-16(18)21-14-9-6-5-8-13(14)19-3/h1,5-6,8-9,12H,7,10-11H2,2-3H3. The fourth-order valence-electron chi connectivity index (χ4n) is 1.54. The molecule has 0 bridgehead atoms. The molecule has 0 saturated carbocycles. The summed E-state index contributed by atoms with van der Waals surface area (Å²) in [6.07, 6.45) is 5.10. The molecule has 21 heavy (non-hydrogen) atoms. The second kappa shape index (κ2) is 8.64. The number of hydrogen-bond donors (Lipinski definition) is 0.